The Hall–Kier alpha value is -3.74. The molecule has 0 saturated carbocycles. The van der Waals surface area contributed by atoms with Gasteiger partial charge in [-0.25, -0.2) is 9.67 Å². The van der Waals surface area contributed by atoms with Gasteiger partial charge in [-0.05, 0) is 25.1 Å². The van der Waals surface area contributed by atoms with E-state index in [4.69, 9.17) is 4.42 Å². The number of rotatable bonds is 6. The third-order valence-corrected chi connectivity index (χ3v) is 4.91. The van der Waals surface area contributed by atoms with E-state index in [1.54, 1.807) is 25.4 Å². The van der Waals surface area contributed by atoms with Gasteiger partial charge in [-0.1, -0.05) is 35.9 Å². The fraction of sp³-hybridized carbons (Fsp3) is 0.217. The second-order valence-corrected chi connectivity index (χ2v) is 7.21. The van der Waals surface area contributed by atoms with Crippen molar-refractivity contribution < 1.29 is 9.21 Å². The number of nitrogens with zero attached hydrogens (tertiary/aromatic N) is 3. The molecular weight excluding hydrogens is 380 g/mol. The smallest absolute Gasteiger partial charge is 0.274 e. The van der Waals surface area contributed by atoms with Gasteiger partial charge in [0, 0.05) is 31.0 Å². The molecule has 0 saturated heterocycles. The maximum Gasteiger partial charge on any atom is 0.274 e. The molecule has 0 bridgehead atoms. The Morgan fingerprint density at radius 3 is 2.60 bits per heavy atom. The van der Waals surface area contributed by atoms with E-state index in [1.165, 1.54) is 10.2 Å². The Balaban J connectivity index is 1.37. The second kappa shape index (κ2) is 8.32. The maximum atomic E-state index is 12.4. The number of aryl methyl sites for hydroxylation is 2. The average Bonchev–Trinajstić information content (AvgIpc) is 3.21. The topological polar surface area (TPSA) is 90.0 Å². The van der Waals surface area contributed by atoms with Crippen LogP contribution in [-0.2, 0) is 24.7 Å². The standard InChI is InChI=1S/C23H22N4O3/c1-15-7-9-16(10-8-15)22-25-17(14-30-22)11-12-24-21(28)13-20-18-5-3-4-6-19(18)23(29)27(2)26-20/h3-10,14H,11-13H2,1-2H3,(H,24,28). The highest BCUT2D eigenvalue weighted by Crippen LogP contribution is 2.19. The minimum absolute atomic E-state index is 0.0993. The van der Waals surface area contributed by atoms with Crippen molar-refractivity contribution in [1.82, 2.24) is 20.1 Å². The molecule has 2 aromatic heterocycles. The van der Waals surface area contributed by atoms with Gasteiger partial charge in [0.1, 0.15) is 6.26 Å². The first-order chi connectivity index (χ1) is 14.5. The van der Waals surface area contributed by atoms with Crippen molar-refractivity contribution in [2.45, 2.75) is 19.8 Å². The van der Waals surface area contributed by atoms with Crippen molar-refractivity contribution in [3.05, 3.63) is 82.1 Å². The third kappa shape index (κ3) is 4.15. The lowest BCUT2D eigenvalue weighted by atomic mass is 10.1. The molecule has 0 radical (unpaired) electrons. The van der Waals surface area contributed by atoms with Gasteiger partial charge in [-0.3, -0.25) is 9.59 Å². The van der Waals surface area contributed by atoms with E-state index in [0.717, 1.165) is 11.3 Å². The number of carbonyl (C=O) groups is 1. The first-order valence-electron chi connectivity index (χ1n) is 9.74. The summed E-state index contributed by atoms with van der Waals surface area (Å²) in [6.45, 7) is 2.46. The van der Waals surface area contributed by atoms with E-state index in [0.29, 0.717) is 35.3 Å². The summed E-state index contributed by atoms with van der Waals surface area (Å²) in [7, 11) is 1.59. The van der Waals surface area contributed by atoms with Crippen LogP contribution in [0.4, 0.5) is 0 Å². The SMILES string of the molecule is Cc1ccc(-c2nc(CCNC(=O)Cc3nn(C)c(=O)c4ccccc34)co2)cc1. The van der Waals surface area contributed by atoms with Crippen LogP contribution in [0.15, 0.2) is 64.0 Å². The van der Waals surface area contributed by atoms with Crippen molar-refractivity contribution in [2.75, 3.05) is 6.54 Å². The van der Waals surface area contributed by atoms with Gasteiger partial charge in [0.25, 0.3) is 5.56 Å². The summed E-state index contributed by atoms with van der Waals surface area (Å²) in [6, 6.07) is 15.2. The van der Waals surface area contributed by atoms with Crippen LogP contribution in [0.1, 0.15) is 17.0 Å². The molecule has 0 fully saturated rings. The molecule has 0 spiro atoms. The van der Waals surface area contributed by atoms with Crippen molar-refractivity contribution in [3.63, 3.8) is 0 Å². The fourth-order valence-electron chi connectivity index (χ4n) is 3.30. The van der Waals surface area contributed by atoms with Crippen LogP contribution >= 0.6 is 0 Å². The van der Waals surface area contributed by atoms with Crippen LogP contribution in [0.5, 0.6) is 0 Å². The molecule has 0 aliphatic carbocycles. The molecule has 0 atom stereocenters. The van der Waals surface area contributed by atoms with E-state index in [9.17, 15) is 9.59 Å². The Kier molecular flexibility index (Phi) is 5.43. The highest BCUT2D eigenvalue weighted by molar-refractivity contribution is 5.88. The number of nitrogens with one attached hydrogen (secondary N) is 1. The van der Waals surface area contributed by atoms with E-state index in [1.807, 2.05) is 43.3 Å². The molecule has 30 heavy (non-hydrogen) atoms. The Morgan fingerprint density at radius 2 is 1.83 bits per heavy atom. The Morgan fingerprint density at radius 1 is 1.10 bits per heavy atom. The summed E-state index contributed by atoms with van der Waals surface area (Å²) in [5, 5.41) is 8.42. The zero-order valence-electron chi connectivity index (χ0n) is 16.9. The number of fused-ring (bicyclic) bond motifs is 1. The molecule has 152 valence electrons. The molecule has 2 heterocycles. The van der Waals surface area contributed by atoms with Gasteiger partial charge >= 0.3 is 0 Å². The molecule has 0 aliphatic heterocycles. The predicted molar refractivity (Wildman–Crippen MR) is 114 cm³/mol. The molecular formula is C23H22N4O3. The predicted octanol–water partition coefficient (Wildman–Crippen LogP) is 2.80. The third-order valence-electron chi connectivity index (χ3n) is 4.91. The summed E-state index contributed by atoms with van der Waals surface area (Å²) in [4.78, 5) is 29.1. The number of amides is 1. The number of benzene rings is 2. The van der Waals surface area contributed by atoms with E-state index >= 15 is 0 Å². The van der Waals surface area contributed by atoms with Gasteiger partial charge in [-0.15, -0.1) is 0 Å². The van der Waals surface area contributed by atoms with Gasteiger partial charge in [0.2, 0.25) is 11.8 Å². The van der Waals surface area contributed by atoms with E-state index in [2.05, 4.69) is 15.4 Å². The molecule has 1 N–H and O–H groups in total. The van der Waals surface area contributed by atoms with E-state index in [-0.39, 0.29) is 17.9 Å². The van der Waals surface area contributed by atoms with Gasteiger partial charge in [0.05, 0.1) is 23.2 Å². The summed E-state index contributed by atoms with van der Waals surface area (Å²) in [5.41, 5.74) is 3.27. The lowest BCUT2D eigenvalue weighted by Gasteiger charge is -2.08. The number of hydrogen-bond acceptors (Lipinski definition) is 5. The van der Waals surface area contributed by atoms with Crippen LogP contribution in [0.25, 0.3) is 22.2 Å². The van der Waals surface area contributed by atoms with Crippen LogP contribution < -0.4 is 10.9 Å². The zero-order valence-corrected chi connectivity index (χ0v) is 16.9. The lowest BCUT2D eigenvalue weighted by Crippen LogP contribution is -2.29. The second-order valence-electron chi connectivity index (χ2n) is 7.21. The van der Waals surface area contributed by atoms with Crippen LogP contribution in [0.2, 0.25) is 0 Å². The first-order valence-corrected chi connectivity index (χ1v) is 9.74. The summed E-state index contributed by atoms with van der Waals surface area (Å²) < 4.78 is 6.82. The first kappa shape index (κ1) is 19.6. The molecule has 4 rings (SSSR count). The highest BCUT2D eigenvalue weighted by atomic mass is 16.3. The highest BCUT2D eigenvalue weighted by Gasteiger charge is 2.12. The lowest BCUT2D eigenvalue weighted by molar-refractivity contribution is -0.120. The number of aromatic nitrogens is 3. The molecule has 7 nitrogen and oxygen atoms in total. The number of hydrogen-bond donors (Lipinski definition) is 1. The normalized spacial score (nSPS) is 11.0. The largest absolute Gasteiger partial charge is 0.444 e. The minimum atomic E-state index is -0.176. The van der Waals surface area contributed by atoms with Crippen LogP contribution in [-0.4, -0.2) is 27.2 Å². The molecule has 7 heteroatoms. The van der Waals surface area contributed by atoms with Gasteiger partial charge in [0.15, 0.2) is 0 Å². The quantitative estimate of drug-likeness (QED) is 0.536. The molecule has 0 unspecified atom stereocenters. The Bertz CT molecular complexity index is 1260. The Labute approximate surface area is 173 Å². The van der Waals surface area contributed by atoms with Crippen LogP contribution in [0, 0.1) is 6.92 Å². The fourth-order valence-corrected chi connectivity index (χ4v) is 3.30. The zero-order chi connectivity index (χ0) is 21.1. The summed E-state index contributed by atoms with van der Waals surface area (Å²) >= 11 is 0. The molecule has 2 aromatic carbocycles. The van der Waals surface area contributed by atoms with Crippen molar-refractivity contribution in [1.29, 1.82) is 0 Å². The van der Waals surface area contributed by atoms with E-state index < -0.39 is 0 Å². The summed E-state index contributed by atoms with van der Waals surface area (Å²) in [5.74, 6) is 0.408. The average molecular weight is 402 g/mol. The van der Waals surface area contributed by atoms with Crippen molar-refractivity contribution >= 4 is 16.7 Å². The summed E-state index contributed by atoms with van der Waals surface area (Å²) in [6.07, 6.45) is 2.27. The number of carbonyl (C=O) groups excluding carboxylic acids is 1. The minimum Gasteiger partial charge on any atom is -0.444 e. The van der Waals surface area contributed by atoms with Crippen molar-refractivity contribution in [3.8, 4) is 11.5 Å². The molecule has 1 amide bonds. The molecule has 4 aromatic rings. The molecule has 0 aliphatic rings. The number of oxazole rings is 1. The van der Waals surface area contributed by atoms with Crippen LogP contribution in [0.3, 0.4) is 0 Å². The van der Waals surface area contributed by atoms with Gasteiger partial charge in [-0.2, -0.15) is 5.10 Å². The monoisotopic (exact) mass is 402 g/mol. The van der Waals surface area contributed by atoms with Gasteiger partial charge < -0.3 is 9.73 Å². The maximum absolute atomic E-state index is 12.4. The van der Waals surface area contributed by atoms with Crippen molar-refractivity contribution in [2.24, 2.45) is 7.05 Å².